The van der Waals surface area contributed by atoms with Gasteiger partial charge in [-0.1, -0.05) is 34.1 Å². The number of carboxylic acids is 1. The summed E-state index contributed by atoms with van der Waals surface area (Å²) in [6.45, 7) is 3.22. The molecular weight excluding hydrogens is 410 g/mol. The van der Waals surface area contributed by atoms with E-state index in [2.05, 4.69) is 20.8 Å². The molecule has 1 fully saturated rings. The van der Waals surface area contributed by atoms with Crippen LogP contribution in [0.2, 0.25) is 0 Å². The predicted octanol–water partition coefficient (Wildman–Crippen LogP) is 4.49. The number of ether oxygens (including phenoxy) is 2. The zero-order valence-electron chi connectivity index (χ0n) is 15.5. The Morgan fingerprint density at radius 3 is 2.70 bits per heavy atom. The molecule has 144 valence electrons. The summed E-state index contributed by atoms with van der Waals surface area (Å²) in [7, 11) is 1.62. The number of carboxylic acid groups (broad SMARTS) is 1. The van der Waals surface area contributed by atoms with E-state index in [9.17, 15) is 9.90 Å². The van der Waals surface area contributed by atoms with E-state index < -0.39 is 12.0 Å². The lowest BCUT2D eigenvalue weighted by molar-refractivity contribution is -0.142. The van der Waals surface area contributed by atoms with Gasteiger partial charge in [0.1, 0.15) is 6.04 Å². The summed E-state index contributed by atoms with van der Waals surface area (Å²) in [5, 5.41) is 9.70. The Labute approximate surface area is 168 Å². The average molecular weight is 434 g/mol. The van der Waals surface area contributed by atoms with Gasteiger partial charge in [0.05, 0.1) is 19.8 Å². The first kappa shape index (κ1) is 19.7. The molecule has 1 N–H and O–H groups in total. The van der Waals surface area contributed by atoms with Crippen molar-refractivity contribution in [1.82, 2.24) is 4.90 Å². The highest BCUT2D eigenvalue weighted by molar-refractivity contribution is 9.10. The van der Waals surface area contributed by atoms with Crippen LogP contribution in [0, 0.1) is 0 Å². The van der Waals surface area contributed by atoms with Gasteiger partial charge >= 0.3 is 5.97 Å². The zero-order valence-corrected chi connectivity index (χ0v) is 17.1. The molecule has 2 unspecified atom stereocenters. The first-order valence-corrected chi connectivity index (χ1v) is 9.89. The van der Waals surface area contributed by atoms with Gasteiger partial charge < -0.3 is 14.6 Å². The lowest BCUT2D eigenvalue weighted by Crippen LogP contribution is -2.39. The molecule has 2 aromatic rings. The molecule has 3 rings (SSSR count). The second-order valence-corrected chi connectivity index (χ2v) is 7.45. The third-order valence-electron chi connectivity index (χ3n) is 4.88. The normalized spacial score (nSPS) is 18.3. The van der Waals surface area contributed by atoms with Crippen LogP contribution in [0.25, 0.3) is 0 Å². The number of nitrogens with zero attached hydrogens (tertiary/aromatic N) is 1. The number of carbonyl (C=O) groups is 1. The van der Waals surface area contributed by atoms with Crippen LogP contribution in [0.5, 0.6) is 11.5 Å². The molecule has 27 heavy (non-hydrogen) atoms. The highest BCUT2D eigenvalue weighted by Gasteiger charge is 2.37. The largest absolute Gasteiger partial charge is 0.493 e. The lowest BCUT2D eigenvalue weighted by Gasteiger charge is -2.32. The van der Waals surface area contributed by atoms with Gasteiger partial charge in [-0.2, -0.15) is 0 Å². The molecule has 5 nitrogen and oxygen atoms in total. The second-order valence-electron chi connectivity index (χ2n) is 6.53. The molecule has 0 spiro atoms. The molecule has 2 aromatic carbocycles. The van der Waals surface area contributed by atoms with Gasteiger partial charge in [-0.15, -0.1) is 0 Å². The van der Waals surface area contributed by atoms with Crippen molar-refractivity contribution in [2.75, 3.05) is 20.3 Å². The van der Waals surface area contributed by atoms with E-state index in [1.54, 1.807) is 7.11 Å². The van der Waals surface area contributed by atoms with Gasteiger partial charge in [0.25, 0.3) is 0 Å². The average Bonchev–Trinajstić information content (AvgIpc) is 3.13. The summed E-state index contributed by atoms with van der Waals surface area (Å²) in [6, 6.07) is 13.2. The molecule has 0 amide bonds. The highest BCUT2D eigenvalue weighted by atomic mass is 79.9. The number of likely N-dealkylation sites (tertiary alicyclic amines) is 1. The fourth-order valence-corrected chi connectivity index (χ4v) is 4.16. The molecule has 1 saturated heterocycles. The quantitative estimate of drug-likeness (QED) is 0.696. The first-order valence-electron chi connectivity index (χ1n) is 9.10. The standard InChI is InChI=1S/C21H24BrNO4/c1-3-27-18-10-9-15(13-19(18)26-2)20(14-6-4-7-16(22)12-14)23-11-5-8-17(23)21(24)25/h4,6-7,9-10,12-13,17,20H,3,5,8,11H2,1-2H3,(H,24,25). The number of hydrogen-bond acceptors (Lipinski definition) is 4. The van der Waals surface area contributed by atoms with Gasteiger partial charge in [0.2, 0.25) is 0 Å². The number of aliphatic carboxylic acids is 1. The third-order valence-corrected chi connectivity index (χ3v) is 5.37. The van der Waals surface area contributed by atoms with Crippen LogP contribution in [0.15, 0.2) is 46.9 Å². The highest BCUT2D eigenvalue weighted by Crippen LogP contribution is 2.39. The molecule has 6 heteroatoms. The number of halogens is 1. The van der Waals surface area contributed by atoms with Crippen molar-refractivity contribution in [3.05, 3.63) is 58.1 Å². The summed E-state index contributed by atoms with van der Waals surface area (Å²) in [6.07, 6.45) is 1.53. The molecule has 1 aliphatic heterocycles. The maximum atomic E-state index is 11.8. The smallest absolute Gasteiger partial charge is 0.320 e. The SMILES string of the molecule is CCOc1ccc(C(c2cccc(Br)c2)N2CCCC2C(=O)O)cc1OC. The molecular formula is C21H24BrNO4. The van der Waals surface area contributed by atoms with Gasteiger partial charge in [-0.3, -0.25) is 9.69 Å². The van der Waals surface area contributed by atoms with Crippen LogP contribution < -0.4 is 9.47 Å². The van der Waals surface area contributed by atoms with Crippen molar-refractivity contribution in [3.8, 4) is 11.5 Å². The van der Waals surface area contributed by atoms with Crippen molar-refractivity contribution in [1.29, 1.82) is 0 Å². The van der Waals surface area contributed by atoms with Crippen LogP contribution in [0.3, 0.4) is 0 Å². The van der Waals surface area contributed by atoms with Crippen LogP contribution in [0.4, 0.5) is 0 Å². The Kier molecular flexibility index (Phi) is 6.39. The summed E-state index contributed by atoms with van der Waals surface area (Å²) in [5.41, 5.74) is 2.03. The van der Waals surface area contributed by atoms with Gasteiger partial charge in [-0.05, 0) is 55.2 Å². The fraction of sp³-hybridized carbons (Fsp3) is 0.381. The Balaban J connectivity index is 2.08. The fourth-order valence-electron chi connectivity index (χ4n) is 3.74. The molecule has 0 aromatic heterocycles. The van der Waals surface area contributed by atoms with Crippen molar-refractivity contribution < 1.29 is 19.4 Å². The van der Waals surface area contributed by atoms with Crippen molar-refractivity contribution >= 4 is 21.9 Å². The number of hydrogen-bond donors (Lipinski definition) is 1. The van der Waals surface area contributed by atoms with Gasteiger partial charge in [-0.25, -0.2) is 0 Å². The molecule has 0 saturated carbocycles. The number of rotatable bonds is 7. The van der Waals surface area contributed by atoms with Crippen LogP contribution >= 0.6 is 15.9 Å². The Hall–Kier alpha value is -2.05. The first-order chi connectivity index (χ1) is 13.0. The maximum Gasteiger partial charge on any atom is 0.320 e. The summed E-state index contributed by atoms with van der Waals surface area (Å²) in [4.78, 5) is 13.9. The third kappa shape index (κ3) is 4.28. The van der Waals surface area contributed by atoms with E-state index in [4.69, 9.17) is 9.47 Å². The van der Waals surface area contributed by atoms with E-state index in [-0.39, 0.29) is 6.04 Å². The summed E-state index contributed by atoms with van der Waals surface area (Å²) < 4.78 is 12.1. The number of methoxy groups -OCH3 is 1. The van der Waals surface area contributed by atoms with Gasteiger partial charge in [0.15, 0.2) is 11.5 Å². The molecule has 1 aliphatic rings. The van der Waals surface area contributed by atoms with Crippen LogP contribution in [-0.4, -0.2) is 42.3 Å². The monoisotopic (exact) mass is 433 g/mol. The Morgan fingerprint density at radius 2 is 2.04 bits per heavy atom. The Bertz CT molecular complexity index is 811. The van der Waals surface area contributed by atoms with E-state index >= 15 is 0 Å². The van der Waals surface area contributed by atoms with Crippen molar-refractivity contribution in [3.63, 3.8) is 0 Å². The maximum absolute atomic E-state index is 11.8. The zero-order chi connectivity index (χ0) is 19.4. The molecule has 0 bridgehead atoms. The van der Waals surface area contributed by atoms with Crippen LogP contribution in [-0.2, 0) is 4.79 Å². The van der Waals surface area contributed by atoms with E-state index in [0.29, 0.717) is 24.5 Å². The summed E-state index contributed by atoms with van der Waals surface area (Å²) in [5.74, 6) is 0.568. The lowest BCUT2D eigenvalue weighted by atomic mass is 9.96. The molecule has 2 atom stereocenters. The molecule has 0 aliphatic carbocycles. The van der Waals surface area contributed by atoms with Crippen molar-refractivity contribution in [2.24, 2.45) is 0 Å². The number of benzene rings is 2. The Morgan fingerprint density at radius 1 is 1.26 bits per heavy atom. The summed E-state index contributed by atoms with van der Waals surface area (Å²) >= 11 is 3.54. The minimum Gasteiger partial charge on any atom is -0.493 e. The van der Waals surface area contributed by atoms with Crippen LogP contribution in [0.1, 0.15) is 36.9 Å². The minimum atomic E-state index is -0.773. The molecule has 1 heterocycles. The minimum absolute atomic E-state index is 0.171. The van der Waals surface area contributed by atoms with E-state index in [0.717, 1.165) is 28.6 Å². The molecule has 0 radical (unpaired) electrons. The van der Waals surface area contributed by atoms with E-state index in [1.807, 2.05) is 49.4 Å². The second kappa shape index (κ2) is 8.76. The topological polar surface area (TPSA) is 59.0 Å². The van der Waals surface area contributed by atoms with E-state index in [1.165, 1.54) is 0 Å². The van der Waals surface area contributed by atoms with Gasteiger partial charge in [0, 0.05) is 11.0 Å². The predicted molar refractivity (Wildman–Crippen MR) is 108 cm³/mol. The van der Waals surface area contributed by atoms with Crippen molar-refractivity contribution in [2.45, 2.75) is 31.8 Å².